The Bertz CT molecular complexity index is 534. The van der Waals surface area contributed by atoms with E-state index in [9.17, 15) is 9.59 Å². The largest absolute Gasteiger partial charge is 0.380 e. The molecule has 2 heterocycles. The molecule has 0 spiro atoms. The molecule has 0 amide bonds. The molecule has 0 unspecified atom stereocenters. The van der Waals surface area contributed by atoms with Gasteiger partial charge >= 0.3 is 11.9 Å². The lowest BCUT2D eigenvalue weighted by Crippen LogP contribution is -2.45. The molecule has 2 aromatic heterocycles. The normalized spacial score (nSPS) is 9.90. The average Bonchev–Trinajstić information content (AvgIpc) is 2.49. The second-order valence-corrected chi connectivity index (χ2v) is 4.25. The molecule has 108 valence electrons. The van der Waals surface area contributed by atoms with Crippen LogP contribution in [-0.2, 0) is 9.59 Å². The molecule has 2 rings (SSSR count). The van der Waals surface area contributed by atoms with Crippen LogP contribution in [0.3, 0.4) is 0 Å². The third kappa shape index (κ3) is 5.40. The second kappa shape index (κ2) is 7.74. The van der Waals surface area contributed by atoms with Crippen molar-refractivity contribution >= 4 is 11.9 Å². The minimum Gasteiger partial charge on any atom is -0.245 e. The molecule has 21 heavy (non-hydrogen) atoms. The van der Waals surface area contributed by atoms with Gasteiger partial charge in [0.1, 0.15) is 0 Å². The molecule has 0 bridgehead atoms. The maximum absolute atomic E-state index is 11.6. The van der Waals surface area contributed by atoms with Gasteiger partial charge in [-0.2, -0.15) is 9.68 Å². The van der Waals surface area contributed by atoms with E-state index in [4.69, 9.17) is 9.68 Å². The van der Waals surface area contributed by atoms with Crippen molar-refractivity contribution in [2.75, 3.05) is 0 Å². The van der Waals surface area contributed by atoms with E-state index in [2.05, 4.69) is 0 Å². The lowest BCUT2D eigenvalue weighted by molar-refractivity contribution is -0.869. The SMILES string of the molecule is O=C(CCCC(=O)O[n+]1ccccc1)O[n+]1ccccc1. The third-order valence-electron chi connectivity index (χ3n) is 2.55. The third-order valence-corrected chi connectivity index (χ3v) is 2.55. The maximum Gasteiger partial charge on any atom is 0.380 e. The lowest BCUT2D eigenvalue weighted by atomic mass is 10.2. The molecule has 0 N–H and O–H groups in total. The molecule has 0 aliphatic heterocycles. The van der Waals surface area contributed by atoms with Crippen LogP contribution < -0.4 is 19.1 Å². The van der Waals surface area contributed by atoms with Crippen molar-refractivity contribution in [1.29, 1.82) is 0 Å². The zero-order valence-electron chi connectivity index (χ0n) is 11.4. The Labute approximate surface area is 122 Å². The minimum absolute atomic E-state index is 0.149. The molecule has 0 aromatic carbocycles. The summed E-state index contributed by atoms with van der Waals surface area (Å²) in [5.74, 6) is -0.794. The van der Waals surface area contributed by atoms with Crippen molar-refractivity contribution < 1.29 is 28.7 Å². The number of pyridine rings is 2. The Morgan fingerprint density at radius 2 is 1.05 bits per heavy atom. The Morgan fingerprint density at radius 3 is 1.43 bits per heavy atom. The topological polar surface area (TPSA) is 60.4 Å². The summed E-state index contributed by atoms with van der Waals surface area (Å²) in [4.78, 5) is 33.2. The lowest BCUT2D eigenvalue weighted by Gasteiger charge is -1.97. The Kier molecular flexibility index (Phi) is 5.40. The van der Waals surface area contributed by atoms with E-state index in [1.807, 2.05) is 12.1 Å². The zero-order chi connectivity index (χ0) is 14.9. The van der Waals surface area contributed by atoms with E-state index < -0.39 is 11.9 Å². The highest BCUT2D eigenvalue weighted by atomic mass is 16.7. The van der Waals surface area contributed by atoms with Gasteiger partial charge in [0.15, 0.2) is 0 Å². The van der Waals surface area contributed by atoms with Crippen LogP contribution in [0.1, 0.15) is 19.3 Å². The van der Waals surface area contributed by atoms with Gasteiger partial charge in [0, 0.05) is 33.7 Å². The van der Waals surface area contributed by atoms with Crippen LogP contribution in [0.2, 0.25) is 0 Å². The van der Waals surface area contributed by atoms with Crippen molar-refractivity contribution in [2.24, 2.45) is 0 Å². The van der Waals surface area contributed by atoms with Crippen LogP contribution in [0, 0.1) is 0 Å². The van der Waals surface area contributed by atoms with Gasteiger partial charge in [-0.25, -0.2) is 9.59 Å². The summed E-state index contributed by atoms with van der Waals surface area (Å²) in [6.45, 7) is 0. The average molecular weight is 288 g/mol. The molecular weight excluding hydrogens is 272 g/mol. The van der Waals surface area contributed by atoms with E-state index in [0.29, 0.717) is 6.42 Å². The summed E-state index contributed by atoms with van der Waals surface area (Å²) >= 11 is 0. The van der Waals surface area contributed by atoms with E-state index in [1.165, 1.54) is 9.46 Å². The minimum atomic E-state index is -0.397. The molecule has 0 aliphatic carbocycles. The van der Waals surface area contributed by atoms with Gasteiger partial charge in [-0.15, -0.1) is 0 Å². The highest BCUT2D eigenvalue weighted by Crippen LogP contribution is 1.95. The Hall–Kier alpha value is -2.76. The fourth-order valence-corrected chi connectivity index (χ4v) is 1.59. The van der Waals surface area contributed by atoms with Gasteiger partial charge in [0.2, 0.25) is 24.8 Å². The monoisotopic (exact) mass is 288 g/mol. The van der Waals surface area contributed by atoms with Crippen molar-refractivity contribution in [3.63, 3.8) is 0 Å². The van der Waals surface area contributed by atoms with Gasteiger partial charge in [-0.05, 0) is 6.42 Å². The summed E-state index contributed by atoms with van der Waals surface area (Å²) in [5.41, 5.74) is 0. The molecule has 6 heteroatoms. The molecule has 0 saturated heterocycles. The predicted molar refractivity (Wildman–Crippen MR) is 70.3 cm³/mol. The van der Waals surface area contributed by atoms with E-state index in [-0.39, 0.29) is 12.8 Å². The van der Waals surface area contributed by atoms with E-state index >= 15 is 0 Å². The molecule has 2 aromatic rings. The molecule has 0 atom stereocenters. The smallest absolute Gasteiger partial charge is 0.245 e. The maximum atomic E-state index is 11.6. The summed E-state index contributed by atoms with van der Waals surface area (Å²) in [6, 6.07) is 10.6. The van der Waals surface area contributed by atoms with Crippen molar-refractivity contribution in [1.82, 2.24) is 0 Å². The Balaban J connectivity index is 1.67. The highest BCUT2D eigenvalue weighted by Gasteiger charge is 2.14. The molecule has 0 radical (unpaired) electrons. The number of carbonyl (C=O) groups excluding carboxylic acids is 2. The Morgan fingerprint density at radius 1 is 0.667 bits per heavy atom. The predicted octanol–water partition coefficient (Wildman–Crippen LogP) is 0.0425. The molecule has 6 nitrogen and oxygen atoms in total. The van der Waals surface area contributed by atoms with Gasteiger partial charge < -0.3 is 0 Å². The van der Waals surface area contributed by atoms with Crippen LogP contribution >= 0.6 is 0 Å². The quantitative estimate of drug-likeness (QED) is 0.704. The van der Waals surface area contributed by atoms with Crippen LogP contribution in [0.25, 0.3) is 0 Å². The first-order valence-electron chi connectivity index (χ1n) is 6.59. The number of rotatable bonds is 6. The van der Waals surface area contributed by atoms with Crippen LogP contribution in [0.15, 0.2) is 61.2 Å². The fourth-order valence-electron chi connectivity index (χ4n) is 1.59. The summed E-state index contributed by atoms with van der Waals surface area (Å²) < 4.78 is 2.64. The fraction of sp³-hybridized carbons (Fsp3) is 0.200. The van der Waals surface area contributed by atoms with Gasteiger partial charge in [0.05, 0.1) is 12.8 Å². The molecule has 0 aliphatic rings. The standard InChI is InChI=1S/C15H16N2O4/c18-14(20-16-10-3-1-4-11-16)8-7-9-15(19)21-17-12-5-2-6-13-17/h1-6,10-13H,7-9H2/q+2. The van der Waals surface area contributed by atoms with E-state index in [0.717, 1.165) is 0 Å². The van der Waals surface area contributed by atoms with Crippen LogP contribution in [-0.4, -0.2) is 11.9 Å². The number of nitrogens with zero attached hydrogens (tertiary/aromatic N) is 2. The number of carbonyl (C=O) groups is 2. The number of hydrogen-bond donors (Lipinski definition) is 0. The van der Waals surface area contributed by atoms with Crippen LogP contribution in [0.4, 0.5) is 0 Å². The van der Waals surface area contributed by atoms with Crippen LogP contribution in [0.5, 0.6) is 0 Å². The highest BCUT2D eigenvalue weighted by molar-refractivity contribution is 5.72. The molecule has 0 saturated carbocycles. The first-order valence-corrected chi connectivity index (χ1v) is 6.59. The molecular formula is C15H16N2O4+2. The second-order valence-electron chi connectivity index (χ2n) is 4.25. The summed E-state index contributed by atoms with van der Waals surface area (Å²) in [5, 5.41) is 0. The van der Waals surface area contributed by atoms with Gasteiger partial charge in [0.25, 0.3) is 0 Å². The first-order chi connectivity index (χ1) is 10.2. The number of aromatic nitrogens is 2. The zero-order valence-corrected chi connectivity index (χ0v) is 11.4. The van der Waals surface area contributed by atoms with E-state index in [1.54, 1.807) is 49.1 Å². The number of hydrogen-bond acceptors (Lipinski definition) is 4. The first kappa shape index (κ1) is 14.6. The molecule has 0 fully saturated rings. The van der Waals surface area contributed by atoms with Crippen molar-refractivity contribution in [3.05, 3.63) is 61.2 Å². The van der Waals surface area contributed by atoms with Crippen molar-refractivity contribution in [2.45, 2.75) is 19.3 Å². The summed E-state index contributed by atoms with van der Waals surface area (Å²) in [7, 11) is 0. The van der Waals surface area contributed by atoms with Crippen molar-refractivity contribution in [3.8, 4) is 0 Å². The summed E-state index contributed by atoms with van der Waals surface area (Å²) in [6.07, 6.45) is 7.16. The van der Waals surface area contributed by atoms with Gasteiger partial charge in [-0.3, -0.25) is 0 Å². The van der Waals surface area contributed by atoms with Gasteiger partial charge in [-0.1, -0.05) is 12.1 Å².